The maximum Gasteiger partial charge on any atom is 0.187 e. The van der Waals surface area contributed by atoms with Crippen LogP contribution in [0.15, 0.2) is 64.8 Å². The molecule has 1 N–H and O–H groups in total. The average Bonchev–Trinajstić information content (AvgIpc) is 2.44. The molecule has 0 spiro atoms. The van der Waals surface area contributed by atoms with Gasteiger partial charge < -0.3 is 5.32 Å². The van der Waals surface area contributed by atoms with Crippen molar-refractivity contribution in [2.45, 2.75) is 13.8 Å². The SMILES string of the molecule is CC(=CC(=O)c1ccccc1)Nc1ccc(Br)c(C)c1. The lowest BCUT2D eigenvalue weighted by molar-refractivity contribution is 0.104. The van der Waals surface area contributed by atoms with Crippen molar-refractivity contribution in [3.63, 3.8) is 0 Å². The maximum absolute atomic E-state index is 12.0. The zero-order chi connectivity index (χ0) is 14.5. The molecule has 0 radical (unpaired) electrons. The average molecular weight is 330 g/mol. The van der Waals surface area contributed by atoms with Crippen LogP contribution in [0.1, 0.15) is 22.8 Å². The van der Waals surface area contributed by atoms with E-state index in [1.54, 1.807) is 6.08 Å². The largest absolute Gasteiger partial charge is 0.359 e. The molecule has 0 unspecified atom stereocenters. The first kappa shape index (κ1) is 14.5. The molecule has 2 aromatic carbocycles. The molecule has 0 saturated carbocycles. The summed E-state index contributed by atoms with van der Waals surface area (Å²) in [7, 11) is 0. The Morgan fingerprint density at radius 1 is 1.15 bits per heavy atom. The molecule has 3 heteroatoms. The zero-order valence-corrected chi connectivity index (χ0v) is 13.1. The normalized spacial score (nSPS) is 11.2. The van der Waals surface area contributed by atoms with Crippen molar-refractivity contribution in [1.82, 2.24) is 0 Å². The van der Waals surface area contributed by atoms with E-state index >= 15 is 0 Å². The number of rotatable bonds is 4. The minimum Gasteiger partial charge on any atom is -0.359 e. The quantitative estimate of drug-likeness (QED) is 0.634. The third-order valence-corrected chi connectivity index (χ3v) is 3.80. The number of ketones is 1. The van der Waals surface area contributed by atoms with Gasteiger partial charge in [0.2, 0.25) is 0 Å². The van der Waals surface area contributed by atoms with Gasteiger partial charge in [-0.3, -0.25) is 4.79 Å². The number of nitrogens with one attached hydrogen (secondary N) is 1. The van der Waals surface area contributed by atoms with Crippen LogP contribution in [-0.4, -0.2) is 5.78 Å². The van der Waals surface area contributed by atoms with Gasteiger partial charge in [0, 0.05) is 27.5 Å². The third kappa shape index (κ3) is 3.81. The Labute approximate surface area is 127 Å². The van der Waals surface area contributed by atoms with E-state index < -0.39 is 0 Å². The Morgan fingerprint density at radius 3 is 2.50 bits per heavy atom. The second-order valence-electron chi connectivity index (χ2n) is 4.65. The Bertz CT molecular complexity index is 647. The van der Waals surface area contributed by atoms with E-state index in [0.717, 1.165) is 21.4 Å². The van der Waals surface area contributed by atoms with Crippen molar-refractivity contribution in [3.8, 4) is 0 Å². The fourth-order valence-electron chi connectivity index (χ4n) is 1.87. The van der Waals surface area contributed by atoms with Crippen LogP contribution < -0.4 is 5.32 Å². The van der Waals surface area contributed by atoms with Crippen LogP contribution in [0.4, 0.5) is 5.69 Å². The van der Waals surface area contributed by atoms with Gasteiger partial charge in [-0.25, -0.2) is 0 Å². The van der Waals surface area contributed by atoms with Gasteiger partial charge in [0.15, 0.2) is 5.78 Å². The topological polar surface area (TPSA) is 29.1 Å². The van der Waals surface area contributed by atoms with Crippen molar-refractivity contribution in [2.75, 3.05) is 5.32 Å². The lowest BCUT2D eigenvalue weighted by Gasteiger charge is -2.08. The molecular weight excluding hydrogens is 314 g/mol. The Morgan fingerprint density at radius 2 is 1.85 bits per heavy atom. The van der Waals surface area contributed by atoms with Gasteiger partial charge in [-0.05, 0) is 37.6 Å². The van der Waals surface area contributed by atoms with E-state index in [0.29, 0.717) is 5.56 Å². The standard InChI is InChI=1S/C17H16BrNO/c1-12-10-15(8-9-16(12)18)19-13(2)11-17(20)14-6-4-3-5-7-14/h3-11,19H,1-2H3. The second kappa shape index (κ2) is 6.53. The third-order valence-electron chi connectivity index (χ3n) is 2.91. The Kier molecular flexibility index (Phi) is 4.74. The highest BCUT2D eigenvalue weighted by Crippen LogP contribution is 2.21. The summed E-state index contributed by atoms with van der Waals surface area (Å²) in [6.07, 6.45) is 1.62. The van der Waals surface area contributed by atoms with Crippen molar-refractivity contribution < 1.29 is 4.79 Å². The predicted octanol–water partition coefficient (Wildman–Crippen LogP) is 4.96. The van der Waals surface area contributed by atoms with Crippen LogP contribution in [0.5, 0.6) is 0 Å². The molecule has 2 aromatic rings. The van der Waals surface area contributed by atoms with E-state index in [1.165, 1.54) is 0 Å². The summed E-state index contributed by atoms with van der Waals surface area (Å²) < 4.78 is 1.07. The molecule has 0 bridgehead atoms. The zero-order valence-electron chi connectivity index (χ0n) is 11.5. The number of anilines is 1. The van der Waals surface area contributed by atoms with Crippen molar-refractivity contribution in [2.24, 2.45) is 0 Å². The van der Waals surface area contributed by atoms with Crippen LogP contribution in [-0.2, 0) is 0 Å². The fraction of sp³-hybridized carbons (Fsp3) is 0.118. The molecule has 0 aliphatic rings. The first-order chi connectivity index (χ1) is 9.56. The smallest absolute Gasteiger partial charge is 0.187 e. The summed E-state index contributed by atoms with van der Waals surface area (Å²) in [4.78, 5) is 12.0. The molecule has 0 heterocycles. The molecule has 2 rings (SSSR count). The highest BCUT2D eigenvalue weighted by Gasteiger charge is 2.03. The number of carbonyl (C=O) groups excluding carboxylic acids is 1. The monoisotopic (exact) mass is 329 g/mol. The number of hydrogen-bond acceptors (Lipinski definition) is 2. The number of halogens is 1. The van der Waals surface area contributed by atoms with Gasteiger partial charge >= 0.3 is 0 Å². The maximum atomic E-state index is 12.0. The summed E-state index contributed by atoms with van der Waals surface area (Å²) in [5, 5.41) is 3.23. The lowest BCUT2D eigenvalue weighted by Crippen LogP contribution is -2.01. The first-order valence-corrected chi connectivity index (χ1v) is 7.16. The summed E-state index contributed by atoms with van der Waals surface area (Å²) in [6.45, 7) is 3.92. The van der Waals surface area contributed by atoms with E-state index in [1.807, 2.05) is 62.4 Å². The van der Waals surface area contributed by atoms with E-state index in [9.17, 15) is 4.79 Å². The minimum atomic E-state index is 0.00411. The minimum absolute atomic E-state index is 0.00411. The van der Waals surface area contributed by atoms with Gasteiger partial charge in [0.05, 0.1) is 0 Å². The molecule has 0 aliphatic heterocycles. The summed E-state index contributed by atoms with van der Waals surface area (Å²) in [5.41, 5.74) is 3.64. The number of hydrogen-bond donors (Lipinski definition) is 1. The van der Waals surface area contributed by atoms with Gasteiger partial charge in [0.1, 0.15) is 0 Å². The highest BCUT2D eigenvalue weighted by atomic mass is 79.9. The van der Waals surface area contributed by atoms with Gasteiger partial charge in [-0.2, -0.15) is 0 Å². The number of allylic oxidation sites excluding steroid dienone is 2. The lowest BCUT2D eigenvalue weighted by atomic mass is 10.1. The van der Waals surface area contributed by atoms with E-state index in [2.05, 4.69) is 21.2 Å². The molecule has 0 atom stereocenters. The molecule has 2 nitrogen and oxygen atoms in total. The number of benzene rings is 2. The summed E-state index contributed by atoms with van der Waals surface area (Å²) >= 11 is 3.47. The molecule has 20 heavy (non-hydrogen) atoms. The molecule has 0 aromatic heterocycles. The van der Waals surface area contributed by atoms with Gasteiger partial charge in [0.25, 0.3) is 0 Å². The van der Waals surface area contributed by atoms with Crippen LogP contribution in [0.3, 0.4) is 0 Å². The molecule has 0 amide bonds. The number of carbonyl (C=O) groups is 1. The molecule has 102 valence electrons. The van der Waals surface area contributed by atoms with Crippen LogP contribution >= 0.6 is 15.9 Å². The molecular formula is C17H16BrNO. The number of aryl methyl sites for hydroxylation is 1. The molecule has 0 aliphatic carbocycles. The van der Waals surface area contributed by atoms with E-state index in [-0.39, 0.29) is 5.78 Å². The van der Waals surface area contributed by atoms with E-state index in [4.69, 9.17) is 0 Å². The van der Waals surface area contributed by atoms with Crippen LogP contribution in [0.25, 0.3) is 0 Å². The fourth-order valence-corrected chi connectivity index (χ4v) is 2.12. The van der Waals surface area contributed by atoms with Crippen LogP contribution in [0, 0.1) is 6.92 Å². The van der Waals surface area contributed by atoms with Crippen molar-refractivity contribution in [1.29, 1.82) is 0 Å². The summed E-state index contributed by atoms with van der Waals surface area (Å²) in [6, 6.07) is 15.3. The highest BCUT2D eigenvalue weighted by molar-refractivity contribution is 9.10. The molecule has 0 saturated heterocycles. The molecule has 0 fully saturated rings. The second-order valence-corrected chi connectivity index (χ2v) is 5.50. The van der Waals surface area contributed by atoms with Crippen molar-refractivity contribution in [3.05, 3.63) is 75.9 Å². The van der Waals surface area contributed by atoms with Crippen LogP contribution in [0.2, 0.25) is 0 Å². The van der Waals surface area contributed by atoms with Crippen molar-refractivity contribution >= 4 is 27.4 Å². The van der Waals surface area contributed by atoms with Gasteiger partial charge in [-0.15, -0.1) is 0 Å². The summed E-state index contributed by atoms with van der Waals surface area (Å²) in [5.74, 6) is 0.00411. The Balaban J connectivity index is 2.11. The van der Waals surface area contributed by atoms with Gasteiger partial charge in [-0.1, -0.05) is 46.3 Å². The Hall–Kier alpha value is -1.87. The first-order valence-electron chi connectivity index (χ1n) is 6.37. The predicted molar refractivity (Wildman–Crippen MR) is 87.0 cm³/mol.